The minimum Gasteiger partial charge on any atom is -0.396 e. The molecule has 0 radical (unpaired) electrons. The molecule has 0 aromatic rings. The maximum Gasteiger partial charge on any atom is 0.170 e. The van der Waals surface area contributed by atoms with E-state index in [0.717, 1.165) is 12.8 Å². The Kier molecular flexibility index (Phi) is 6.22. The van der Waals surface area contributed by atoms with E-state index >= 15 is 0 Å². The molecule has 0 bridgehead atoms. The first-order valence-corrected chi connectivity index (χ1v) is 6.22. The Balaban J connectivity index is 2.14. The van der Waals surface area contributed by atoms with E-state index in [1.165, 1.54) is 25.7 Å². The van der Waals surface area contributed by atoms with E-state index in [9.17, 15) is 0 Å². The van der Waals surface area contributed by atoms with Crippen LogP contribution < -0.4 is 0 Å². The normalized spacial score (nSPS) is 19.6. The van der Waals surface area contributed by atoms with E-state index in [2.05, 4.69) is 6.92 Å². The Morgan fingerprint density at radius 1 is 1.00 bits per heavy atom. The summed E-state index contributed by atoms with van der Waals surface area (Å²) in [5.74, 6) is -0.457. The second-order valence-corrected chi connectivity index (χ2v) is 4.25. The smallest absolute Gasteiger partial charge is 0.170 e. The van der Waals surface area contributed by atoms with Crippen molar-refractivity contribution in [2.45, 2.75) is 57.7 Å². The van der Waals surface area contributed by atoms with Crippen molar-refractivity contribution in [3.05, 3.63) is 0 Å². The number of hydrogen-bond donors (Lipinski definition) is 1. The van der Waals surface area contributed by atoms with Crippen molar-refractivity contribution in [1.82, 2.24) is 0 Å². The zero-order chi connectivity index (χ0) is 11.0. The molecule has 0 atom stereocenters. The molecule has 0 saturated carbocycles. The van der Waals surface area contributed by atoms with Gasteiger partial charge in [0.2, 0.25) is 0 Å². The van der Waals surface area contributed by atoms with Gasteiger partial charge in [-0.1, -0.05) is 32.6 Å². The van der Waals surface area contributed by atoms with Gasteiger partial charge in [0.1, 0.15) is 0 Å². The summed E-state index contributed by atoms with van der Waals surface area (Å²) >= 11 is 0. The molecular formula is C12H24O3. The van der Waals surface area contributed by atoms with Crippen LogP contribution in [0.1, 0.15) is 51.9 Å². The predicted octanol–water partition coefficient (Wildman–Crippen LogP) is 2.47. The van der Waals surface area contributed by atoms with Crippen molar-refractivity contribution < 1.29 is 14.6 Å². The van der Waals surface area contributed by atoms with Gasteiger partial charge < -0.3 is 14.6 Å². The first-order valence-electron chi connectivity index (χ1n) is 6.22. The summed E-state index contributed by atoms with van der Waals surface area (Å²) in [5, 5.41) is 8.97. The second kappa shape index (κ2) is 7.20. The van der Waals surface area contributed by atoms with Crippen molar-refractivity contribution in [1.29, 1.82) is 0 Å². The highest BCUT2D eigenvalue weighted by Crippen LogP contribution is 2.29. The maximum atomic E-state index is 8.97. The maximum absolute atomic E-state index is 8.97. The van der Waals surface area contributed by atoms with Gasteiger partial charge in [0, 0.05) is 19.4 Å². The molecule has 1 aliphatic rings. The minimum absolute atomic E-state index is 0.148. The Morgan fingerprint density at radius 2 is 1.67 bits per heavy atom. The Hall–Kier alpha value is -0.120. The molecule has 0 aliphatic carbocycles. The van der Waals surface area contributed by atoms with Crippen LogP contribution in [0.15, 0.2) is 0 Å². The molecule has 0 spiro atoms. The number of rotatable bonds is 8. The van der Waals surface area contributed by atoms with E-state index in [4.69, 9.17) is 14.6 Å². The van der Waals surface area contributed by atoms with Gasteiger partial charge in [-0.2, -0.15) is 0 Å². The zero-order valence-electron chi connectivity index (χ0n) is 9.83. The molecule has 0 aromatic heterocycles. The van der Waals surface area contributed by atoms with Gasteiger partial charge in [0.25, 0.3) is 0 Å². The molecule has 90 valence electrons. The largest absolute Gasteiger partial charge is 0.396 e. The van der Waals surface area contributed by atoms with E-state index in [0.29, 0.717) is 19.6 Å². The van der Waals surface area contributed by atoms with Crippen LogP contribution in [0.2, 0.25) is 0 Å². The highest BCUT2D eigenvalue weighted by Gasteiger charge is 2.34. The molecular weight excluding hydrogens is 192 g/mol. The quantitative estimate of drug-likeness (QED) is 0.633. The summed E-state index contributed by atoms with van der Waals surface area (Å²) in [7, 11) is 0. The fourth-order valence-electron chi connectivity index (χ4n) is 2.08. The van der Waals surface area contributed by atoms with Crippen LogP contribution in [0, 0.1) is 0 Å². The topological polar surface area (TPSA) is 38.7 Å². The summed E-state index contributed by atoms with van der Waals surface area (Å²) in [5.41, 5.74) is 0. The lowest BCUT2D eigenvalue weighted by Gasteiger charge is -2.26. The van der Waals surface area contributed by atoms with E-state index in [1.54, 1.807) is 0 Å². The third kappa shape index (κ3) is 4.49. The third-order valence-electron chi connectivity index (χ3n) is 2.97. The first kappa shape index (κ1) is 12.9. The molecule has 0 amide bonds. The molecule has 15 heavy (non-hydrogen) atoms. The van der Waals surface area contributed by atoms with E-state index < -0.39 is 5.79 Å². The highest BCUT2D eigenvalue weighted by molar-refractivity contribution is 4.73. The average Bonchev–Trinajstić information content (AvgIpc) is 2.67. The lowest BCUT2D eigenvalue weighted by Crippen LogP contribution is -2.31. The first-order chi connectivity index (χ1) is 7.33. The van der Waals surface area contributed by atoms with Gasteiger partial charge in [-0.3, -0.25) is 0 Å². The highest BCUT2D eigenvalue weighted by atomic mass is 16.7. The molecule has 1 heterocycles. The standard InChI is InChI=1S/C12H24O3/c1-2-3-4-5-6-7-12(8-9-13)14-10-11-15-12/h13H,2-11H2,1H3. The number of aliphatic hydroxyl groups is 1. The fourth-order valence-corrected chi connectivity index (χ4v) is 2.08. The molecule has 0 unspecified atom stereocenters. The van der Waals surface area contributed by atoms with Crippen LogP contribution in [-0.4, -0.2) is 30.7 Å². The summed E-state index contributed by atoms with van der Waals surface area (Å²) in [6, 6.07) is 0. The fraction of sp³-hybridized carbons (Fsp3) is 1.00. The van der Waals surface area contributed by atoms with Gasteiger partial charge in [-0.15, -0.1) is 0 Å². The van der Waals surface area contributed by atoms with Crippen LogP contribution in [-0.2, 0) is 9.47 Å². The lowest BCUT2D eigenvalue weighted by molar-refractivity contribution is -0.172. The average molecular weight is 216 g/mol. The Labute approximate surface area is 92.8 Å². The summed E-state index contributed by atoms with van der Waals surface area (Å²) in [6.07, 6.45) is 7.81. The summed E-state index contributed by atoms with van der Waals surface area (Å²) in [4.78, 5) is 0. The third-order valence-corrected chi connectivity index (χ3v) is 2.97. The molecule has 1 saturated heterocycles. The summed E-state index contributed by atoms with van der Waals surface area (Å²) < 4.78 is 11.2. The van der Waals surface area contributed by atoms with Gasteiger partial charge in [-0.05, 0) is 6.42 Å². The number of ether oxygens (including phenoxy) is 2. The van der Waals surface area contributed by atoms with E-state index in [-0.39, 0.29) is 6.61 Å². The van der Waals surface area contributed by atoms with Gasteiger partial charge in [-0.25, -0.2) is 0 Å². The molecule has 1 rings (SSSR count). The molecule has 3 nitrogen and oxygen atoms in total. The molecule has 1 aliphatic heterocycles. The molecule has 0 aromatic carbocycles. The lowest BCUT2D eigenvalue weighted by atomic mass is 10.0. The predicted molar refractivity (Wildman–Crippen MR) is 59.7 cm³/mol. The zero-order valence-corrected chi connectivity index (χ0v) is 9.83. The molecule has 1 N–H and O–H groups in total. The van der Waals surface area contributed by atoms with Gasteiger partial charge in [0.05, 0.1) is 13.2 Å². The number of aliphatic hydroxyl groups excluding tert-OH is 1. The van der Waals surface area contributed by atoms with Gasteiger partial charge in [0.15, 0.2) is 5.79 Å². The van der Waals surface area contributed by atoms with Crippen LogP contribution in [0.25, 0.3) is 0 Å². The van der Waals surface area contributed by atoms with E-state index in [1.807, 2.05) is 0 Å². The number of hydrogen-bond acceptors (Lipinski definition) is 3. The second-order valence-electron chi connectivity index (χ2n) is 4.25. The molecule has 3 heteroatoms. The van der Waals surface area contributed by atoms with Gasteiger partial charge >= 0.3 is 0 Å². The van der Waals surface area contributed by atoms with Crippen LogP contribution in [0.4, 0.5) is 0 Å². The Bertz CT molecular complexity index is 153. The monoisotopic (exact) mass is 216 g/mol. The van der Waals surface area contributed by atoms with Crippen LogP contribution in [0.3, 0.4) is 0 Å². The SMILES string of the molecule is CCCCCCCC1(CCO)OCCO1. The van der Waals surface area contributed by atoms with Crippen molar-refractivity contribution in [3.63, 3.8) is 0 Å². The van der Waals surface area contributed by atoms with Crippen LogP contribution >= 0.6 is 0 Å². The van der Waals surface area contributed by atoms with Crippen molar-refractivity contribution in [2.75, 3.05) is 19.8 Å². The van der Waals surface area contributed by atoms with Crippen molar-refractivity contribution in [2.24, 2.45) is 0 Å². The number of unbranched alkanes of at least 4 members (excludes halogenated alkanes) is 4. The molecule has 1 fully saturated rings. The van der Waals surface area contributed by atoms with Crippen molar-refractivity contribution in [3.8, 4) is 0 Å². The minimum atomic E-state index is -0.457. The summed E-state index contributed by atoms with van der Waals surface area (Å²) in [6.45, 7) is 3.72. The van der Waals surface area contributed by atoms with Crippen LogP contribution in [0.5, 0.6) is 0 Å². The van der Waals surface area contributed by atoms with Crippen molar-refractivity contribution >= 4 is 0 Å². The Morgan fingerprint density at radius 3 is 2.27 bits per heavy atom.